The van der Waals surface area contributed by atoms with Gasteiger partial charge in [0.2, 0.25) is 5.91 Å². The molecule has 1 aromatic carbocycles. The molecule has 1 atom stereocenters. The van der Waals surface area contributed by atoms with Crippen LogP contribution >= 0.6 is 11.3 Å². The minimum atomic E-state index is -0.344. The second-order valence-electron chi connectivity index (χ2n) is 7.60. The van der Waals surface area contributed by atoms with Crippen molar-refractivity contribution in [3.63, 3.8) is 0 Å². The quantitative estimate of drug-likeness (QED) is 0.626. The van der Waals surface area contributed by atoms with Gasteiger partial charge in [0, 0.05) is 25.0 Å². The third-order valence-corrected chi connectivity index (χ3v) is 6.57. The van der Waals surface area contributed by atoms with Crippen LogP contribution in [0.5, 0.6) is 0 Å². The second kappa shape index (κ2) is 8.16. The third kappa shape index (κ3) is 3.59. The Hall–Kier alpha value is -2.78. The van der Waals surface area contributed by atoms with Gasteiger partial charge < -0.3 is 14.5 Å². The number of benzene rings is 1. The largest absolute Gasteiger partial charge is 0.378 e. The van der Waals surface area contributed by atoms with Crippen LogP contribution in [0.25, 0.3) is 11.5 Å². The van der Waals surface area contributed by atoms with Gasteiger partial charge in [-0.05, 0) is 18.9 Å². The topological polar surface area (TPSA) is 76.4 Å². The first kappa shape index (κ1) is 19.2. The summed E-state index contributed by atoms with van der Waals surface area (Å²) < 4.78 is 7.37. The zero-order valence-electron chi connectivity index (χ0n) is 16.9. The Bertz CT molecular complexity index is 1030. The SMILES string of the molecule is C[C@H]1C(=O)N(CCc2ccccc2)Cc2nnc(-c3csc(N4CCOCC4)n3)n21. The fourth-order valence-electron chi connectivity index (χ4n) is 4.00. The monoisotopic (exact) mass is 424 g/mol. The summed E-state index contributed by atoms with van der Waals surface area (Å²) in [7, 11) is 0. The van der Waals surface area contributed by atoms with Crippen molar-refractivity contribution >= 4 is 22.4 Å². The molecular formula is C21H24N6O2S. The molecule has 3 aromatic rings. The summed E-state index contributed by atoms with van der Waals surface area (Å²) in [6, 6.07) is 9.89. The number of rotatable bonds is 5. The first-order chi connectivity index (χ1) is 14.7. The van der Waals surface area contributed by atoms with E-state index in [4.69, 9.17) is 9.72 Å². The summed E-state index contributed by atoms with van der Waals surface area (Å²) >= 11 is 1.60. The van der Waals surface area contributed by atoms with Gasteiger partial charge in [0.15, 0.2) is 16.8 Å². The van der Waals surface area contributed by atoms with Gasteiger partial charge in [-0.1, -0.05) is 30.3 Å². The van der Waals surface area contributed by atoms with Gasteiger partial charge in [0.1, 0.15) is 11.7 Å². The fraction of sp³-hybridized carbons (Fsp3) is 0.429. The number of nitrogens with zero attached hydrogens (tertiary/aromatic N) is 6. The Morgan fingerprint density at radius 2 is 1.97 bits per heavy atom. The van der Waals surface area contributed by atoms with E-state index in [0.717, 1.165) is 49.4 Å². The van der Waals surface area contributed by atoms with E-state index in [1.54, 1.807) is 11.3 Å². The van der Waals surface area contributed by atoms with E-state index in [9.17, 15) is 4.79 Å². The van der Waals surface area contributed by atoms with Gasteiger partial charge in [-0.25, -0.2) is 4.98 Å². The predicted molar refractivity (Wildman–Crippen MR) is 114 cm³/mol. The lowest BCUT2D eigenvalue weighted by atomic mass is 10.1. The van der Waals surface area contributed by atoms with Crippen LogP contribution in [-0.4, -0.2) is 63.4 Å². The summed E-state index contributed by atoms with van der Waals surface area (Å²) in [5.41, 5.74) is 2.00. The molecule has 1 fully saturated rings. The van der Waals surface area contributed by atoms with Crippen LogP contribution in [0.4, 0.5) is 5.13 Å². The number of ether oxygens (including phenoxy) is 1. The number of hydrogen-bond donors (Lipinski definition) is 0. The molecule has 5 rings (SSSR count). The number of morpholine rings is 1. The lowest BCUT2D eigenvalue weighted by Crippen LogP contribution is -2.42. The molecule has 0 unspecified atom stereocenters. The molecule has 30 heavy (non-hydrogen) atoms. The van der Waals surface area contributed by atoms with Crippen LogP contribution in [0.2, 0.25) is 0 Å². The zero-order valence-corrected chi connectivity index (χ0v) is 17.7. The molecule has 1 amide bonds. The van der Waals surface area contributed by atoms with Crippen LogP contribution in [-0.2, 0) is 22.5 Å². The molecular weight excluding hydrogens is 400 g/mol. The Morgan fingerprint density at radius 1 is 1.17 bits per heavy atom. The first-order valence-corrected chi connectivity index (χ1v) is 11.1. The lowest BCUT2D eigenvalue weighted by Gasteiger charge is -2.32. The van der Waals surface area contributed by atoms with Crippen LogP contribution < -0.4 is 4.90 Å². The highest BCUT2D eigenvalue weighted by Gasteiger charge is 2.34. The van der Waals surface area contributed by atoms with E-state index in [2.05, 4.69) is 27.2 Å². The molecule has 0 radical (unpaired) electrons. The van der Waals surface area contributed by atoms with E-state index in [-0.39, 0.29) is 11.9 Å². The van der Waals surface area contributed by atoms with Crippen LogP contribution in [0.1, 0.15) is 24.4 Å². The number of anilines is 1. The van der Waals surface area contributed by atoms with E-state index in [0.29, 0.717) is 18.9 Å². The molecule has 2 aliphatic rings. The van der Waals surface area contributed by atoms with Crippen molar-refractivity contribution in [2.24, 2.45) is 0 Å². The first-order valence-electron chi connectivity index (χ1n) is 10.3. The van der Waals surface area contributed by atoms with Crippen LogP contribution in [0.15, 0.2) is 35.7 Å². The fourth-order valence-corrected chi connectivity index (χ4v) is 4.86. The second-order valence-corrected chi connectivity index (χ2v) is 8.43. The molecule has 156 valence electrons. The van der Waals surface area contributed by atoms with Crippen LogP contribution in [0, 0.1) is 0 Å². The molecule has 0 N–H and O–H groups in total. The standard InChI is InChI=1S/C21H24N6O2S/c1-15-20(28)26(8-7-16-5-3-2-4-6-16)13-18-23-24-19(27(15)18)17-14-30-21(22-17)25-9-11-29-12-10-25/h2-6,14-15H,7-13H2,1H3/t15-/m0/s1. The molecule has 0 saturated carbocycles. The minimum Gasteiger partial charge on any atom is -0.378 e. The normalized spacial score (nSPS) is 19.2. The molecule has 9 heteroatoms. The van der Waals surface area contributed by atoms with E-state index in [1.165, 1.54) is 5.56 Å². The highest BCUT2D eigenvalue weighted by Crippen LogP contribution is 2.31. The Labute approximate surface area is 179 Å². The molecule has 2 aliphatic heterocycles. The van der Waals surface area contributed by atoms with Crippen molar-refractivity contribution in [2.45, 2.75) is 25.9 Å². The van der Waals surface area contributed by atoms with Crippen molar-refractivity contribution in [3.05, 3.63) is 47.1 Å². The maximum Gasteiger partial charge on any atom is 0.245 e. The summed E-state index contributed by atoms with van der Waals surface area (Å²) in [6.07, 6.45) is 0.829. The number of thiazole rings is 1. The van der Waals surface area contributed by atoms with Crippen molar-refractivity contribution in [3.8, 4) is 11.5 Å². The lowest BCUT2D eigenvalue weighted by molar-refractivity contribution is -0.136. The van der Waals surface area contributed by atoms with Gasteiger partial charge in [0.05, 0.1) is 19.8 Å². The van der Waals surface area contributed by atoms with E-state index < -0.39 is 0 Å². The maximum atomic E-state index is 13.1. The third-order valence-electron chi connectivity index (χ3n) is 5.67. The number of fused-ring (bicyclic) bond motifs is 1. The van der Waals surface area contributed by atoms with Crippen molar-refractivity contribution in [1.82, 2.24) is 24.6 Å². The molecule has 0 spiro atoms. The van der Waals surface area contributed by atoms with Crippen molar-refractivity contribution in [2.75, 3.05) is 37.7 Å². The molecule has 1 saturated heterocycles. The molecule has 0 bridgehead atoms. The highest BCUT2D eigenvalue weighted by atomic mass is 32.1. The van der Waals surface area contributed by atoms with Gasteiger partial charge in [0.25, 0.3) is 0 Å². The summed E-state index contributed by atoms with van der Waals surface area (Å²) in [5.74, 6) is 1.58. The predicted octanol–water partition coefficient (Wildman–Crippen LogP) is 2.38. The molecule has 8 nitrogen and oxygen atoms in total. The maximum absolute atomic E-state index is 13.1. The molecule has 0 aliphatic carbocycles. The number of carbonyl (C=O) groups is 1. The smallest absolute Gasteiger partial charge is 0.245 e. The molecule has 2 aromatic heterocycles. The van der Waals surface area contributed by atoms with Crippen molar-refractivity contribution in [1.29, 1.82) is 0 Å². The van der Waals surface area contributed by atoms with Gasteiger partial charge in [-0.2, -0.15) is 0 Å². The Morgan fingerprint density at radius 3 is 2.77 bits per heavy atom. The summed E-state index contributed by atoms with van der Waals surface area (Å²) in [4.78, 5) is 21.9. The summed E-state index contributed by atoms with van der Waals surface area (Å²) in [6.45, 7) is 6.20. The summed E-state index contributed by atoms with van der Waals surface area (Å²) in [5, 5.41) is 11.8. The van der Waals surface area contributed by atoms with Crippen molar-refractivity contribution < 1.29 is 9.53 Å². The number of amides is 1. The zero-order chi connectivity index (χ0) is 20.5. The van der Waals surface area contributed by atoms with E-state index >= 15 is 0 Å². The minimum absolute atomic E-state index is 0.100. The Kier molecular flexibility index (Phi) is 5.22. The highest BCUT2D eigenvalue weighted by molar-refractivity contribution is 7.14. The number of hydrogen-bond acceptors (Lipinski definition) is 7. The van der Waals surface area contributed by atoms with Crippen LogP contribution in [0.3, 0.4) is 0 Å². The van der Waals surface area contributed by atoms with Gasteiger partial charge in [-0.3, -0.25) is 9.36 Å². The average molecular weight is 425 g/mol. The Balaban J connectivity index is 1.35. The average Bonchev–Trinajstić information content (AvgIpc) is 3.44. The number of aromatic nitrogens is 4. The van der Waals surface area contributed by atoms with E-state index in [1.807, 2.05) is 40.0 Å². The molecule has 4 heterocycles. The van der Waals surface area contributed by atoms with Gasteiger partial charge >= 0.3 is 0 Å². The van der Waals surface area contributed by atoms with Gasteiger partial charge in [-0.15, -0.1) is 21.5 Å². The number of carbonyl (C=O) groups excluding carboxylic acids is 1.